The second-order valence-corrected chi connectivity index (χ2v) is 6.78. The number of rotatable bonds is 6. The van der Waals surface area contributed by atoms with E-state index < -0.39 is 22.8 Å². The second kappa shape index (κ2) is 8.75. The van der Waals surface area contributed by atoms with Crippen molar-refractivity contribution in [2.45, 2.75) is 39.2 Å². The second-order valence-electron chi connectivity index (χ2n) is 6.78. The van der Waals surface area contributed by atoms with Gasteiger partial charge in [-0.1, -0.05) is 13.0 Å². The summed E-state index contributed by atoms with van der Waals surface area (Å²) in [6.45, 7) is 5.30. The Morgan fingerprint density at radius 1 is 1.38 bits per heavy atom. The number of ether oxygens (including phenoxy) is 1. The maximum absolute atomic E-state index is 12.8. The van der Waals surface area contributed by atoms with E-state index in [1.54, 1.807) is 13.0 Å². The predicted octanol–water partition coefficient (Wildman–Crippen LogP) is 2.51. The molecule has 1 aliphatic rings. The minimum absolute atomic E-state index is 0.0869. The van der Waals surface area contributed by atoms with Crippen LogP contribution < -0.4 is 5.32 Å². The molecule has 1 amide bonds. The summed E-state index contributed by atoms with van der Waals surface area (Å²) >= 11 is 0. The van der Waals surface area contributed by atoms with Gasteiger partial charge >= 0.3 is 5.97 Å². The Labute approximate surface area is 152 Å². The number of nitrogens with one attached hydrogen (secondary N) is 1. The standard InChI is InChI=1S/C18H25N3O5/c1-12-6-8-20(9-7-12)16(11-17(22)26-3)18(23)19-14-5-4-13(2)10-15(14)21(24)25/h4-5,10,12,16H,6-9,11H2,1-3H3,(H,19,23)/t16-/m0/s1. The van der Waals surface area contributed by atoms with E-state index in [0.29, 0.717) is 19.0 Å². The molecule has 1 aliphatic heterocycles. The van der Waals surface area contributed by atoms with Crippen LogP contribution in [0, 0.1) is 23.0 Å². The molecule has 0 saturated carbocycles. The van der Waals surface area contributed by atoms with Crippen LogP contribution in [0.4, 0.5) is 11.4 Å². The Kier molecular flexibility index (Phi) is 6.68. The van der Waals surface area contributed by atoms with Crippen molar-refractivity contribution >= 4 is 23.3 Å². The molecule has 1 heterocycles. The Hall–Kier alpha value is -2.48. The van der Waals surface area contributed by atoms with Gasteiger partial charge in [0.05, 0.1) is 18.5 Å². The highest BCUT2D eigenvalue weighted by molar-refractivity contribution is 5.98. The van der Waals surface area contributed by atoms with E-state index >= 15 is 0 Å². The van der Waals surface area contributed by atoms with Gasteiger partial charge in [-0.15, -0.1) is 0 Å². The highest BCUT2D eigenvalue weighted by atomic mass is 16.6. The normalized spacial score (nSPS) is 16.7. The number of piperidine rings is 1. The molecule has 1 fully saturated rings. The number of anilines is 1. The van der Waals surface area contributed by atoms with E-state index in [1.807, 2.05) is 4.90 Å². The number of nitrogens with zero attached hydrogens (tertiary/aromatic N) is 2. The average molecular weight is 363 g/mol. The molecule has 1 atom stereocenters. The predicted molar refractivity (Wildman–Crippen MR) is 96.9 cm³/mol. The van der Waals surface area contributed by atoms with Crippen LogP contribution >= 0.6 is 0 Å². The van der Waals surface area contributed by atoms with Gasteiger partial charge in [0.15, 0.2) is 0 Å². The van der Waals surface area contributed by atoms with Crippen LogP contribution in [0.3, 0.4) is 0 Å². The smallest absolute Gasteiger partial charge is 0.307 e. The molecule has 2 rings (SSSR count). The first kappa shape index (κ1) is 19.8. The van der Waals surface area contributed by atoms with Crippen LogP contribution in [0.2, 0.25) is 0 Å². The van der Waals surface area contributed by atoms with Gasteiger partial charge in [0.1, 0.15) is 11.7 Å². The molecule has 8 nitrogen and oxygen atoms in total. The van der Waals surface area contributed by atoms with Gasteiger partial charge in [-0.25, -0.2) is 0 Å². The number of nitro benzene ring substituents is 1. The van der Waals surface area contributed by atoms with Gasteiger partial charge in [0.25, 0.3) is 5.69 Å². The van der Waals surface area contributed by atoms with Crippen molar-refractivity contribution < 1.29 is 19.2 Å². The molecular weight excluding hydrogens is 338 g/mol. The van der Waals surface area contributed by atoms with Crippen molar-refractivity contribution in [2.75, 3.05) is 25.5 Å². The SMILES string of the molecule is COC(=O)C[C@@H](C(=O)Nc1ccc(C)cc1[N+](=O)[O-])N1CCC(C)CC1. The lowest BCUT2D eigenvalue weighted by Crippen LogP contribution is -2.48. The largest absolute Gasteiger partial charge is 0.469 e. The Bertz CT molecular complexity index is 683. The molecule has 0 spiro atoms. The lowest BCUT2D eigenvalue weighted by atomic mass is 9.97. The van der Waals surface area contributed by atoms with E-state index in [9.17, 15) is 19.7 Å². The number of methoxy groups -OCH3 is 1. The van der Waals surface area contributed by atoms with Gasteiger partial charge in [-0.2, -0.15) is 0 Å². The van der Waals surface area contributed by atoms with Crippen molar-refractivity contribution in [2.24, 2.45) is 5.92 Å². The first-order valence-corrected chi connectivity index (χ1v) is 8.68. The van der Waals surface area contributed by atoms with Crippen molar-refractivity contribution in [3.05, 3.63) is 33.9 Å². The Morgan fingerprint density at radius 3 is 2.62 bits per heavy atom. The maximum atomic E-state index is 12.8. The van der Waals surface area contributed by atoms with Crippen LogP contribution in [-0.4, -0.2) is 47.9 Å². The van der Waals surface area contributed by atoms with Gasteiger partial charge < -0.3 is 10.1 Å². The van der Waals surface area contributed by atoms with E-state index in [2.05, 4.69) is 12.2 Å². The van der Waals surface area contributed by atoms with E-state index in [-0.39, 0.29) is 17.8 Å². The zero-order valence-electron chi connectivity index (χ0n) is 15.4. The summed E-state index contributed by atoms with van der Waals surface area (Å²) in [5, 5.41) is 13.9. The number of aryl methyl sites for hydroxylation is 1. The molecule has 0 aromatic heterocycles. The summed E-state index contributed by atoms with van der Waals surface area (Å²) in [6.07, 6.45) is 1.79. The molecular formula is C18H25N3O5. The molecule has 142 valence electrons. The Balaban J connectivity index is 2.21. The average Bonchev–Trinajstić information content (AvgIpc) is 2.61. The summed E-state index contributed by atoms with van der Waals surface area (Å²) in [5.74, 6) is -0.342. The molecule has 1 saturated heterocycles. The summed E-state index contributed by atoms with van der Waals surface area (Å²) in [5.41, 5.74) is 0.694. The van der Waals surface area contributed by atoms with Gasteiger partial charge in [0, 0.05) is 6.07 Å². The van der Waals surface area contributed by atoms with Crippen LogP contribution in [0.1, 0.15) is 31.7 Å². The molecule has 8 heteroatoms. The molecule has 0 unspecified atom stereocenters. The fourth-order valence-electron chi connectivity index (χ4n) is 3.08. The topological polar surface area (TPSA) is 102 Å². The van der Waals surface area contributed by atoms with E-state index in [0.717, 1.165) is 18.4 Å². The number of hydrogen-bond acceptors (Lipinski definition) is 6. The van der Waals surface area contributed by atoms with E-state index in [1.165, 1.54) is 19.2 Å². The van der Waals surface area contributed by atoms with Crippen molar-refractivity contribution in [1.29, 1.82) is 0 Å². The molecule has 1 aromatic carbocycles. The zero-order valence-corrected chi connectivity index (χ0v) is 15.4. The minimum Gasteiger partial charge on any atom is -0.469 e. The summed E-state index contributed by atoms with van der Waals surface area (Å²) < 4.78 is 4.72. The summed E-state index contributed by atoms with van der Waals surface area (Å²) in [6, 6.07) is 3.91. The number of benzene rings is 1. The highest BCUT2D eigenvalue weighted by Gasteiger charge is 2.32. The number of carbonyl (C=O) groups excluding carboxylic acids is 2. The van der Waals surface area contributed by atoms with Crippen LogP contribution in [0.5, 0.6) is 0 Å². The third-order valence-electron chi connectivity index (χ3n) is 4.76. The number of hydrogen-bond donors (Lipinski definition) is 1. The van der Waals surface area contributed by atoms with Crippen LogP contribution in [0.25, 0.3) is 0 Å². The quantitative estimate of drug-likeness (QED) is 0.473. The van der Waals surface area contributed by atoms with Crippen molar-refractivity contribution in [3.63, 3.8) is 0 Å². The number of nitro groups is 1. The summed E-state index contributed by atoms with van der Waals surface area (Å²) in [7, 11) is 1.28. The molecule has 0 bridgehead atoms. The molecule has 0 aliphatic carbocycles. The van der Waals surface area contributed by atoms with Crippen LogP contribution in [-0.2, 0) is 14.3 Å². The first-order valence-electron chi connectivity index (χ1n) is 8.68. The number of amides is 1. The minimum atomic E-state index is -0.712. The molecule has 1 aromatic rings. The molecule has 1 N–H and O–H groups in total. The van der Waals surface area contributed by atoms with Crippen molar-refractivity contribution in [1.82, 2.24) is 4.90 Å². The lowest BCUT2D eigenvalue weighted by Gasteiger charge is -2.35. The highest BCUT2D eigenvalue weighted by Crippen LogP contribution is 2.27. The maximum Gasteiger partial charge on any atom is 0.307 e. The number of carbonyl (C=O) groups is 2. The van der Waals surface area contributed by atoms with Crippen LogP contribution in [0.15, 0.2) is 18.2 Å². The monoisotopic (exact) mass is 363 g/mol. The number of likely N-dealkylation sites (tertiary alicyclic amines) is 1. The summed E-state index contributed by atoms with van der Waals surface area (Å²) in [4.78, 5) is 37.3. The third-order valence-corrected chi connectivity index (χ3v) is 4.76. The van der Waals surface area contributed by atoms with Crippen molar-refractivity contribution in [3.8, 4) is 0 Å². The van der Waals surface area contributed by atoms with E-state index in [4.69, 9.17) is 4.74 Å². The first-order chi connectivity index (χ1) is 12.3. The lowest BCUT2D eigenvalue weighted by molar-refractivity contribution is -0.384. The Morgan fingerprint density at radius 2 is 2.04 bits per heavy atom. The molecule has 26 heavy (non-hydrogen) atoms. The third kappa shape index (κ3) is 5.01. The number of esters is 1. The fraction of sp³-hybridized carbons (Fsp3) is 0.556. The molecule has 0 radical (unpaired) electrons. The zero-order chi connectivity index (χ0) is 19.3. The van der Waals surface area contributed by atoms with Gasteiger partial charge in [-0.05, 0) is 50.4 Å². The van der Waals surface area contributed by atoms with Gasteiger partial charge in [-0.3, -0.25) is 24.6 Å². The fourth-order valence-corrected chi connectivity index (χ4v) is 3.08. The van der Waals surface area contributed by atoms with Gasteiger partial charge in [0.2, 0.25) is 5.91 Å².